The number of nitrogens with one attached hydrogen (secondary N) is 2. The highest BCUT2D eigenvalue weighted by atomic mass is 19.4. The second kappa shape index (κ2) is 16.6. The molecule has 0 radical (unpaired) electrons. The predicted molar refractivity (Wildman–Crippen MR) is 205 cm³/mol. The third-order valence-electron chi connectivity index (χ3n) is 11.8. The number of rotatable bonds is 9. The van der Waals surface area contributed by atoms with Crippen LogP contribution < -0.4 is 25.2 Å². The molecule has 0 bridgehead atoms. The molecule has 18 heteroatoms. The Kier molecular flexibility index (Phi) is 11.1. The van der Waals surface area contributed by atoms with Crippen LogP contribution in [0.3, 0.4) is 0 Å². The molecule has 3 saturated heterocycles. The maximum absolute atomic E-state index is 13.4. The second-order valence-electron chi connectivity index (χ2n) is 15.5. The molecule has 15 nitrogen and oxygen atoms in total. The number of urea groups is 1. The molecule has 6 heterocycles. The van der Waals surface area contributed by atoms with Crippen LogP contribution in [0.15, 0.2) is 49.2 Å². The van der Waals surface area contributed by atoms with Crippen molar-refractivity contribution in [1.82, 2.24) is 40.0 Å². The molecule has 1 saturated carbocycles. The van der Waals surface area contributed by atoms with Crippen molar-refractivity contribution in [2.45, 2.75) is 82.2 Å². The largest absolute Gasteiger partial charge is 0.490 e. The van der Waals surface area contributed by atoms with Crippen LogP contribution in [0.2, 0.25) is 0 Å². The highest BCUT2D eigenvalue weighted by molar-refractivity contribution is 6.08. The third kappa shape index (κ3) is 8.54. The van der Waals surface area contributed by atoms with Crippen LogP contribution in [-0.2, 0) is 11.0 Å². The molecule has 58 heavy (non-hydrogen) atoms. The van der Waals surface area contributed by atoms with E-state index in [-0.39, 0.29) is 54.4 Å². The van der Waals surface area contributed by atoms with Gasteiger partial charge in [-0.2, -0.15) is 18.4 Å². The van der Waals surface area contributed by atoms with E-state index >= 15 is 0 Å². The molecule has 304 valence electrons. The Balaban J connectivity index is 0.759. The number of alkyl halides is 3. The lowest BCUT2D eigenvalue weighted by Crippen LogP contribution is -2.50. The monoisotopic (exact) mass is 799 g/mol. The fraction of sp³-hybridized carbons (Fsp3) is 0.500. The number of aromatic nitrogens is 5. The molecule has 8 rings (SSSR count). The molecule has 1 aliphatic carbocycles. The maximum Gasteiger partial charge on any atom is 0.417 e. The molecule has 4 aromatic rings. The lowest BCUT2D eigenvalue weighted by Gasteiger charge is -2.38. The van der Waals surface area contributed by atoms with Crippen LogP contribution in [0, 0.1) is 17.2 Å². The molecule has 0 atom stereocenters. The molecule has 4 amide bonds. The van der Waals surface area contributed by atoms with Crippen molar-refractivity contribution in [3.63, 3.8) is 0 Å². The minimum absolute atomic E-state index is 0.0682. The number of amides is 4. The summed E-state index contributed by atoms with van der Waals surface area (Å²) in [5.74, 6) is 1.29. The van der Waals surface area contributed by atoms with Gasteiger partial charge in [-0.25, -0.2) is 24.7 Å². The number of hydrogen-bond acceptors (Lipinski definition) is 11. The van der Waals surface area contributed by atoms with E-state index in [4.69, 9.17) is 10.00 Å². The number of anilines is 2. The predicted octanol–water partition coefficient (Wildman–Crippen LogP) is 5.23. The number of carbonyl (C=O) groups excluding carboxylic acids is 3. The zero-order chi connectivity index (χ0) is 40.4. The summed E-state index contributed by atoms with van der Waals surface area (Å²) < 4.78 is 48.1. The van der Waals surface area contributed by atoms with Gasteiger partial charge in [0.2, 0.25) is 5.91 Å². The molecule has 4 fully saturated rings. The molecule has 0 unspecified atom stereocenters. The molecule has 1 aromatic carbocycles. The topological polar surface area (TPSA) is 174 Å². The average molecular weight is 800 g/mol. The summed E-state index contributed by atoms with van der Waals surface area (Å²) >= 11 is 0. The summed E-state index contributed by atoms with van der Waals surface area (Å²) in [5, 5.41) is 15.2. The first kappa shape index (κ1) is 39.0. The van der Waals surface area contributed by atoms with E-state index in [1.54, 1.807) is 12.3 Å². The average Bonchev–Trinajstić information content (AvgIpc) is 3.67. The normalized spacial score (nSPS) is 21.5. The number of benzene rings is 1. The van der Waals surface area contributed by atoms with Gasteiger partial charge in [-0.3, -0.25) is 19.8 Å². The Hall–Kier alpha value is -5.83. The first-order chi connectivity index (χ1) is 28.0. The zero-order valence-electron chi connectivity index (χ0n) is 31.8. The number of imide groups is 1. The van der Waals surface area contributed by atoms with E-state index in [1.165, 1.54) is 23.5 Å². The van der Waals surface area contributed by atoms with Gasteiger partial charge >= 0.3 is 12.2 Å². The first-order valence-electron chi connectivity index (χ1n) is 19.8. The molecular formula is C40H44F3N11O4. The van der Waals surface area contributed by atoms with Gasteiger partial charge in [0, 0.05) is 64.0 Å². The zero-order valence-corrected chi connectivity index (χ0v) is 31.8. The standard InChI is InChI=1S/C40H44F3N11O4/c41-40(42,43)32-19-30(4-1-26(32)20-44)58-29-5-2-27(3-6-29)49-38(56)33-21-46-34(22-45-33)52-15-7-25(8-16-52)23-51-13-9-28(10-14-51)53-17-11-31-36(53)47-24-48-37(31)54-18-12-35(55)50-39(54)57/h1,4,11,17,19,21-22,24-25,27-29H,2-3,5-10,12-16,18,23H2,(H,49,56)(H,50,55,57)/t27-,29-. The fourth-order valence-corrected chi connectivity index (χ4v) is 8.63. The Morgan fingerprint density at radius 2 is 1.71 bits per heavy atom. The van der Waals surface area contributed by atoms with Crippen LogP contribution in [0.25, 0.3) is 11.0 Å². The molecule has 2 N–H and O–H groups in total. The van der Waals surface area contributed by atoms with Crippen molar-refractivity contribution in [3.8, 4) is 11.8 Å². The van der Waals surface area contributed by atoms with Crippen molar-refractivity contribution < 1.29 is 32.3 Å². The number of fused-ring (bicyclic) bond motifs is 1. The number of ether oxygens (including phenoxy) is 1. The van der Waals surface area contributed by atoms with Crippen molar-refractivity contribution in [2.75, 3.05) is 49.1 Å². The van der Waals surface area contributed by atoms with E-state index in [9.17, 15) is 27.6 Å². The summed E-state index contributed by atoms with van der Waals surface area (Å²) in [6.07, 6.45) is 8.30. The van der Waals surface area contributed by atoms with Gasteiger partial charge in [-0.1, -0.05) is 0 Å². The van der Waals surface area contributed by atoms with Gasteiger partial charge in [0.15, 0.2) is 0 Å². The van der Waals surface area contributed by atoms with E-state index in [1.807, 2.05) is 12.3 Å². The fourth-order valence-electron chi connectivity index (χ4n) is 8.63. The van der Waals surface area contributed by atoms with Crippen LogP contribution in [0.5, 0.6) is 5.75 Å². The highest BCUT2D eigenvalue weighted by Crippen LogP contribution is 2.36. The first-order valence-corrected chi connectivity index (χ1v) is 19.8. The number of nitriles is 1. The SMILES string of the molecule is N#Cc1ccc(O[C@H]2CC[C@H](NC(=O)c3cnc(N4CCC(CN5CCC(n6ccc7c(N8CCC(=O)NC8=O)ncnc76)CC5)CC4)cn3)CC2)cc1C(F)(F)F. The third-order valence-corrected chi connectivity index (χ3v) is 11.8. The van der Waals surface area contributed by atoms with Crippen molar-refractivity contribution >= 4 is 40.5 Å². The highest BCUT2D eigenvalue weighted by Gasteiger charge is 2.35. The Bertz CT molecular complexity index is 2180. The molecule has 3 aromatic heterocycles. The number of hydrogen-bond donors (Lipinski definition) is 2. The van der Waals surface area contributed by atoms with Crippen LogP contribution in [0.1, 0.15) is 85.4 Å². The lowest BCUT2D eigenvalue weighted by molar-refractivity contribution is -0.138. The number of piperidine rings is 2. The van der Waals surface area contributed by atoms with Crippen molar-refractivity contribution in [2.24, 2.45) is 5.92 Å². The molecule has 3 aliphatic heterocycles. The van der Waals surface area contributed by atoms with Gasteiger partial charge in [0.1, 0.15) is 35.1 Å². The summed E-state index contributed by atoms with van der Waals surface area (Å²) in [4.78, 5) is 61.3. The molecule has 0 spiro atoms. The van der Waals surface area contributed by atoms with Gasteiger partial charge in [-0.05, 0) is 81.5 Å². The van der Waals surface area contributed by atoms with Gasteiger partial charge in [0.25, 0.3) is 5.91 Å². The Morgan fingerprint density at radius 1 is 0.931 bits per heavy atom. The summed E-state index contributed by atoms with van der Waals surface area (Å²) in [6, 6.07) is 6.62. The van der Waals surface area contributed by atoms with Crippen molar-refractivity contribution in [1.29, 1.82) is 5.26 Å². The van der Waals surface area contributed by atoms with Crippen molar-refractivity contribution in [3.05, 3.63) is 66.0 Å². The van der Waals surface area contributed by atoms with E-state index in [2.05, 4.69) is 44.9 Å². The van der Waals surface area contributed by atoms with Gasteiger partial charge in [-0.15, -0.1) is 0 Å². The van der Waals surface area contributed by atoms with E-state index < -0.39 is 23.3 Å². The van der Waals surface area contributed by atoms with E-state index in [0.717, 1.165) is 87.4 Å². The summed E-state index contributed by atoms with van der Waals surface area (Å²) in [6.45, 7) is 4.99. The van der Waals surface area contributed by atoms with Crippen LogP contribution in [0.4, 0.5) is 29.6 Å². The minimum atomic E-state index is -4.65. The van der Waals surface area contributed by atoms with Crippen LogP contribution >= 0.6 is 0 Å². The second-order valence-corrected chi connectivity index (χ2v) is 15.5. The van der Waals surface area contributed by atoms with Gasteiger partial charge in [0.05, 0.1) is 41.1 Å². The Labute approximate surface area is 332 Å². The molecular weight excluding hydrogens is 756 g/mol. The molecule has 4 aliphatic rings. The number of likely N-dealkylation sites (tertiary alicyclic amines) is 1. The summed E-state index contributed by atoms with van der Waals surface area (Å²) in [7, 11) is 0. The van der Waals surface area contributed by atoms with Gasteiger partial charge < -0.3 is 24.4 Å². The number of carbonyl (C=O) groups is 3. The smallest absolute Gasteiger partial charge is 0.417 e. The lowest BCUT2D eigenvalue weighted by atomic mass is 9.92. The minimum Gasteiger partial charge on any atom is -0.490 e. The van der Waals surface area contributed by atoms with Crippen LogP contribution in [-0.4, -0.2) is 98.7 Å². The maximum atomic E-state index is 13.4. The number of nitrogens with zero attached hydrogens (tertiary/aromatic N) is 9. The summed E-state index contributed by atoms with van der Waals surface area (Å²) in [5.41, 5.74) is -0.441. The Morgan fingerprint density at radius 3 is 2.40 bits per heavy atom. The van der Waals surface area contributed by atoms with E-state index in [0.29, 0.717) is 37.4 Å². The quantitative estimate of drug-likeness (QED) is 0.227. The number of halogens is 3.